The van der Waals surface area contributed by atoms with E-state index in [0.717, 1.165) is 12.2 Å². The van der Waals surface area contributed by atoms with Crippen LogP contribution in [0.5, 0.6) is 5.75 Å². The third-order valence-electron chi connectivity index (χ3n) is 2.49. The van der Waals surface area contributed by atoms with Gasteiger partial charge in [0.2, 0.25) is 0 Å². The molecule has 0 N–H and O–H groups in total. The Morgan fingerprint density at radius 3 is 2.25 bits per heavy atom. The minimum Gasteiger partial charge on any atom is -0.494 e. The second kappa shape index (κ2) is 5.03. The maximum absolute atomic E-state index is 8.87. The maximum Gasteiger partial charge on any atom is 0.119 e. The number of rotatable bonds is 4. The van der Waals surface area contributed by atoms with Gasteiger partial charge >= 0.3 is 0 Å². The number of benzene rings is 1. The highest BCUT2D eigenvalue weighted by Gasteiger charge is 2.16. The Morgan fingerprint density at radius 2 is 1.75 bits per heavy atom. The predicted molar refractivity (Wildman–Crippen MR) is 65.4 cm³/mol. The van der Waals surface area contributed by atoms with Crippen LogP contribution in [0.2, 0.25) is 0 Å². The van der Waals surface area contributed by atoms with Gasteiger partial charge in [-0.25, -0.2) is 0 Å². The van der Waals surface area contributed by atoms with Crippen molar-refractivity contribution in [1.29, 1.82) is 5.26 Å². The molecule has 0 aliphatic rings. The van der Waals surface area contributed by atoms with E-state index in [4.69, 9.17) is 10.00 Å². The summed E-state index contributed by atoms with van der Waals surface area (Å²) >= 11 is 0. The van der Waals surface area contributed by atoms with Crippen LogP contribution in [-0.2, 0) is 0 Å². The first-order chi connectivity index (χ1) is 7.43. The van der Waals surface area contributed by atoms with E-state index in [1.54, 1.807) is 0 Å². The van der Waals surface area contributed by atoms with Gasteiger partial charge in [0.1, 0.15) is 5.75 Å². The summed E-state index contributed by atoms with van der Waals surface area (Å²) in [5, 5.41) is 8.87. The van der Waals surface area contributed by atoms with Gasteiger partial charge < -0.3 is 4.74 Å². The quantitative estimate of drug-likeness (QED) is 0.771. The van der Waals surface area contributed by atoms with Crippen molar-refractivity contribution in [2.45, 2.75) is 34.1 Å². The second-order valence-electron chi connectivity index (χ2n) is 4.92. The number of nitrogens with zero attached hydrogens (tertiary/aromatic N) is 1. The largest absolute Gasteiger partial charge is 0.494 e. The zero-order chi connectivity index (χ0) is 12.2. The monoisotopic (exact) mass is 217 g/mol. The molecule has 1 rings (SSSR count). The fourth-order valence-electron chi connectivity index (χ4n) is 1.50. The molecule has 0 unspecified atom stereocenters. The van der Waals surface area contributed by atoms with Crippen LogP contribution in [0.1, 0.15) is 31.4 Å². The van der Waals surface area contributed by atoms with Crippen LogP contribution in [0, 0.1) is 30.6 Å². The topological polar surface area (TPSA) is 33.0 Å². The summed E-state index contributed by atoms with van der Waals surface area (Å²) in [6.45, 7) is 8.55. The minimum absolute atomic E-state index is 0.307. The van der Waals surface area contributed by atoms with Crippen molar-refractivity contribution >= 4 is 0 Å². The van der Waals surface area contributed by atoms with Crippen LogP contribution in [-0.4, -0.2) is 6.61 Å². The summed E-state index contributed by atoms with van der Waals surface area (Å²) < 4.78 is 5.65. The molecule has 0 saturated carbocycles. The number of nitriles is 1. The smallest absolute Gasteiger partial charge is 0.119 e. The SMILES string of the molecule is Cc1cc(C)cc(OCCC(C)(C)C#N)c1. The molecule has 86 valence electrons. The first-order valence-electron chi connectivity index (χ1n) is 5.55. The molecular formula is C14H19NO. The number of hydrogen-bond acceptors (Lipinski definition) is 2. The van der Waals surface area contributed by atoms with Crippen molar-refractivity contribution in [3.05, 3.63) is 29.3 Å². The summed E-state index contributed by atoms with van der Waals surface area (Å²) in [5.41, 5.74) is 2.10. The fraction of sp³-hybridized carbons (Fsp3) is 0.500. The van der Waals surface area contributed by atoms with E-state index < -0.39 is 0 Å². The third-order valence-corrected chi connectivity index (χ3v) is 2.49. The van der Waals surface area contributed by atoms with Crippen molar-refractivity contribution in [2.24, 2.45) is 5.41 Å². The van der Waals surface area contributed by atoms with Gasteiger partial charge in [0.15, 0.2) is 0 Å². The lowest BCUT2D eigenvalue weighted by Crippen LogP contribution is -2.13. The summed E-state index contributed by atoms with van der Waals surface area (Å²) in [4.78, 5) is 0. The van der Waals surface area contributed by atoms with E-state index in [1.807, 2.05) is 26.0 Å². The van der Waals surface area contributed by atoms with Gasteiger partial charge in [-0.2, -0.15) is 5.26 Å². The van der Waals surface area contributed by atoms with Crippen LogP contribution in [0.25, 0.3) is 0 Å². The van der Waals surface area contributed by atoms with Crippen molar-refractivity contribution in [3.63, 3.8) is 0 Å². The molecule has 0 saturated heterocycles. The number of hydrogen-bond donors (Lipinski definition) is 0. The number of ether oxygens (including phenoxy) is 1. The van der Waals surface area contributed by atoms with Gasteiger partial charge in [-0.05, 0) is 57.4 Å². The lowest BCUT2D eigenvalue weighted by Gasteiger charge is -2.15. The normalized spacial score (nSPS) is 10.9. The standard InChI is InChI=1S/C14H19NO/c1-11-7-12(2)9-13(8-11)16-6-5-14(3,4)10-15/h7-9H,5-6H2,1-4H3. The summed E-state index contributed by atoms with van der Waals surface area (Å²) in [7, 11) is 0. The Labute approximate surface area is 97.9 Å². The Hall–Kier alpha value is -1.49. The van der Waals surface area contributed by atoms with Crippen molar-refractivity contribution < 1.29 is 4.74 Å². The summed E-state index contributed by atoms with van der Waals surface area (Å²) in [5.74, 6) is 0.895. The summed E-state index contributed by atoms with van der Waals surface area (Å²) in [6.07, 6.45) is 0.747. The fourth-order valence-corrected chi connectivity index (χ4v) is 1.50. The van der Waals surface area contributed by atoms with Crippen LogP contribution >= 0.6 is 0 Å². The molecule has 0 fully saturated rings. The zero-order valence-electron chi connectivity index (χ0n) is 10.5. The second-order valence-corrected chi connectivity index (χ2v) is 4.92. The van der Waals surface area contributed by atoms with Crippen molar-refractivity contribution in [3.8, 4) is 11.8 Å². The molecular weight excluding hydrogens is 198 g/mol. The molecule has 2 nitrogen and oxygen atoms in total. The highest BCUT2D eigenvalue weighted by atomic mass is 16.5. The predicted octanol–water partition coefficient (Wildman–Crippen LogP) is 3.62. The lowest BCUT2D eigenvalue weighted by molar-refractivity contribution is 0.264. The van der Waals surface area contributed by atoms with Gasteiger partial charge in [0, 0.05) is 0 Å². The van der Waals surface area contributed by atoms with E-state index in [-0.39, 0.29) is 5.41 Å². The van der Waals surface area contributed by atoms with E-state index in [2.05, 4.69) is 26.0 Å². The molecule has 0 amide bonds. The molecule has 0 spiro atoms. The van der Waals surface area contributed by atoms with Crippen LogP contribution in [0.15, 0.2) is 18.2 Å². The van der Waals surface area contributed by atoms with Crippen LogP contribution in [0.3, 0.4) is 0 Å². The third kappa shape index (κ3) is 3.94. The average Bonchev–Trinajstić information content (AvgIpc) is 2.16. The highest BCUT2D eigenvalue weighted by Crippen LogP contribution is 2.21. The molecule has 0 aliphatic heterocycles. The molecule has 0 bridgehead atoms. The molecule has 0 radical (unpaired) electrons. The average molecular weight is 217 g/mol. The van der Waals surface area contributed by atoms with Crippen LogP contribution in [0.4, 0.5) is 0 Å². The van der Waals surface area contributed by atoms with E-state index in [0.29, 0.717) is 6.61 Å². The zero-order valence-corrected chi connectivity index (χ0v) is 10.5. The van der Waals surface area contributed by atoms with Gasteiger partial charge in [-0.1, -0.05) is 6.07 Å². The van der Waals surface area contributed by atoms with Crippen molar-refractivity contribution in [2.75, 3.05) is 6.61 Å². The highest BCUT2D eigenvalue weighted by molar-refractivity contribution is 5.32. The van der Waals surface area contributed by atoms with Crippen molar-refractivity contribution in [1.82, 2.24) is 0 Å². The molecule has 0 aliphatic carbocycles. The lowest BCUT2D eigenvalue weighted by atomic mass is 9.92. The van der Waals surface area contributed by atoms with E-state index in [1.165, 1.54) is 11.1 Å². The Balaban J connectivity index is 2.53. The van der Waals surface area contributed by atoms with E-state index >= 15 is 0 Å². The Bertz CT molecular complexity index is 381. The van der Waals surface area contributed by atoms with Gasteiger partial charge in [0.05, 0.1) is 18.1 Å². The molecule has 0 atom stereocenters. The van der Waals surface area contributed by atoms with Gasteiger partial charge in [-0.15, -0.1) is 0 Å². The molecule has 0 aromatic heterocycles. The molecule has 1 aromatic rings. The maximum atomic E-state index is 8.87. The summed E-state index contributed by atoms with van der Waals surface area (Å²) in [6, 6.07) is 8.43. The van der Waals surface area contributed by atoms with Crippen LogP contribution < -0.4 is 4.74 Å². The first kappa shape index (κ1) is 12.6. The minimum atomic E-state index is -0.307. The molecule has 2 heteroatoms. The molecule has 16 heavy (non-hydrogen) atoms. The molecule has 1 aromatic carbocycles. The van der Waals surface area contributed by atoms with Gasteiger partial charge in [0.25, 0.3) is 0 Å². The van der Waals surface area contributed by atoms with E-state index in [9.17, 15) is 0 Å². The number of aryl methyl sites for hydroxylation is 2. The first-order valence-corrected chi connectivity index (χ1v) is 5.55. The molecule has 0 heterocycles. The van der Waals surface area contributed by atoms with Gasteiger partial charge in [-0.3, -0.25) is 0 Å². The Kier molecular flexibility index (Phi) is 3.95. The Morgan fingerprint density at radius 1 is 1.19 bits per heavy atom.